The van der Waals surface area contributed by atoms with Crippen LogP contribution in [0.15, 0.2) is 24.3 Å². The van der Waals surface area contributed by atoms with Crippen LogP contribution >= 0.6 is 0 Å². The lowest BCUT2D eigenvalue weighted by molar-refractivity contribution is -0.384. The number of aromatic nitrogens is 2. The summed E-state index contributed by atoms with van der Waals surface area (Å²) in [6.07, 6.45) is 0. The van der Waals surface area contributed by atoms with Crippen LogP contribution in [0.25, 0.3) is 0 Å². The van der Waals surface area contributed by atoms with Crippen LogP contribution in [0, 0.1) is 24.0 Å². The summed E-state index contributed by atoms with van der Waals surface area (Å²) in [5, 5.41) is 13.8. The minimum atomic E-state index is -0.451. The van der Waals surface area contributed by atoms with Crippen molar-refractivity contribution in [3.05, 3.63) is 45.8 Å². The van der Waals surface area contributed by atoms with E-state index in [4.69, 9.17) is 4.74 Å². The number of hydrogen-bond acceptors (Lipinski definition) is 6. The number of nitrogens with zero attached hydrogens (tertiary/aromatic N) is 3. The van der Waals surface area contributed by atoms with Crippen LogP contribution in [0.4, 0.5) is 11.5 Å². The molecule has 7 nitrogen and oxygen atoms in total. The lowest BCUT2D eigenvalue weighted by Gasteiger charge is -2.12. The molecule has 1 aromatic heterocycles. The minimum absolute atomic E-state index is 0.0197. The van der Waals surface area contributed by atoms with Crippen molar-refractivity contribution in [3.63, 3.8) is 0 Å². The smallest absolute Gasteiger partial charge is 0.269 e. The molecule has 0 radical (unpaired) electrons. The Hall–Kier alpha value is -2.70. The predicted octanol–water partition coefficient (Wildman–Crippen LogP) is 3.23. The van der Waals surface area contributed by atoms with Gasteiger partial charge in [0.15, 0.2) is 0 Å². The number of nitrogens with one attached hydrogen (secondary N) is 1. The molecule has 1 aromatic carbocycles. The summed E-state index contributed by atoms with van der Waals surface area (Å²) in [6.45, 7) is 6.36. The molecule has 0 amide bonds. The Balaban J connectivity index is 2.28. The molecule has 2 rings (SSSR count). The molecule has 0 saturated heterocycles. The zero-order valence-electron chi connectivity index (χ0n) is 12.1. The molecule has 7 heteroatoms. The lowest BCUT2D eigenvalue weighted by Crippen LogP contribution is -2.06. The molecular weight excluding hydrogens is 272 g/mol. The molecule has 0 unspecified atom stereocenters. The van der Waals surface area contributed by atoms with Gasteiger partial charge in [0.2, 0.25) is 5.88 Å². The van der Waals surface area contributed by atoms with Gasteiger partial charge in [-0.3, -0.25) is 10.1 Å². The fourth-order valence-electron chi connectivity index (χ4n) is 1.79. The first-order valence-corrected chi connectivity index (χ1v) is 6.52. The largest absolute Gasteiger partial charge is 0.439 e. The molecule has 2 aromatic rings. The standard InChI is InChI=1S/C14H16N4O3/c1-4-15-13-9(2)14(17-10(3)16-13)21-12-7-5-11(6-8-12)18(19)20/h5-8H,4H2,1-3H3,(H,15,16,17). The monoisotopic (exact) mass is 288 g/mol. The van der Waals surface area contributed by atoms with E-state index in [9.17, 15) is 10.1 Å². The second-order valence-electron chi connectivity index (χ2n) is 4.43. The highest BCUT2D eigenvalue weighted by Crippen LogP contribution is 2.28. The molecule has 1 N–H and O–H groups in total. The van der Waals surface area contributed by atoms with Crippen molar-refractivity contribution in [2.75, 3.05) is 11.9 Å². The van der Waals surface area contributed by atoms with E-state index in [-0.39, 0.29) is 5.69 Å². The quantitative estimate of drug-likeness (QED) is 0.671. The van der Waals surface area contributed by atoms with Gasteiger partial charge in [-0.1, -0.05) is 0 Å². The summed E-state index contributed by atoms with van der Waals surface area (Å²) >= 11 is 0. The molecule has 0 bridgehead atoms. The third kappa shape index (κ3) is 3.44. The second kappa shape index (κ2) is 6.17. The number of benzene rings is 1. The van der Waals surface area contributed by atoms with Crippen LogP contribution in [0.5, 0.6) is 11.6 Å². The van der Waals surface area contributed by atoms with Crippen LogP contribution in [0.1, 0.15) is 18.3 Å². The third-order valence-corrected chi connectivity index (χ3v) is 2.82. The summed E-state index contributed by atoms with van der Waals surface area (Å²) in [5.41, 5.74) is 0.812. The van der Waals surface area contributed by atoms with Crippen LogP contribution in [0.2, 0.25) is 0 Å². The first-order valence-electron chi connectivity index (χ1n) is 6.52. The van der Waals surface area contributed by atoms with Crippen molar-refractivity contribution in [3.8, 4) is 11.6 Å². The number of ether oxygens (including phenoxy) is 1. The Labute approximate surface area is 122 Å². The summed E-state index contributed by atoms with van der Waals surface area (Å²) in [4.78, 5) is 18.7. The Kier molecular flexibility index (Phi) is 4.32. The van der Waals surface area contributed by atoms with Crippen molar-refractivity contribution < 1.29 is 9.66 Å². The lowest BCUT2D eigenvalue weighted by atomic mass is 10.3. The van der Waals surface area contributed by atoms with Gasteiger partial charge in [-0.05, 0) is 32.9 Å². The van der Waals surface area contributed by atoms with Crippen molar-refractivity contribution in [1.82, 2.24) is 9.97 Å². The van der Waals surface area contributed by atoms with E-state index in [1.165, 1.54) is 12.1 Å². The van der Waals surface area contributed by atoms with Gasteiger partial charge in [0, 0.05) is 18.7 Å². The highest BCUT2D eigenvalue weighted by molar-refractivity contribution is 5.49. The molecule has 110 valence electrons. The zero-order chi connectivity index (χ0) is 15.4. The molecule has 21 heavy (non-hydrogen) atoms. The Bertz CT molecular complexity index is 656. The number of non-ortho nitro benzene ring substituents is 1. The van der Waals surface area contributed by atoms with Crippen LogP contribution in [-0.4, -0.2) is 21.4 Å². The molecule has 0 aliphatic rings. The van der Waals surface area contributed by atoms with Gasteiger partial charge in [0.1, 0.15) is 17.4 Å². The van der Waals surface area contributed by atoms with Gasteiger partial charge in [-0.2, -0.15) is 4.98 Å². The number of anilines is 1. The topological polar surface area (TPSA) is 90.2 Å². The number of rotatable bonds is 5. The maximum absolute atomic E-state index is 10.6. The highest BCUT2D eigenvalue weighted by Gasteiger charge is 2.12. The molecule has 0 atom stereocenters. The number of nitro benzene ring substituents is 1. The van der Waals surface area contributed by atoms with Gasteiger partial charge in [0.05, 0.1) is 10.5 Å². The first-order chi connectivity index (χ1) is 10.0. The van der Waals surface area contributed by atoms with E-state index in [1.807, 2.05) is 13.8 Å². The minimum Gasteiger partial charge on any atom is -0.439 e. The van der Waals surface area contributed by atoms with Gasteiger partial charge >= 0.3 is 0 Å². The van der Waals surface area contributed by atoms with E-state index in [0.29, 0.717) is 17.5 Å². The molecule has 0 saturated carbocycles. The Morgan fingerprint density at radius 3 is 2.48 bits per heavy atom. The molecule has 0 aliphatic heterocycles. The summed E-state index contributed by atoms with van der Waals surface area (Å²) in [5.74, 6) is 2.24. The molecule has 0 fully saturated rings. The van der Waals surface area contributed by atoms with Gasteiger partial charge in [-0.15, -0.1) is 0 Å². The van der Waals surface area contributed by atoms with E-state index >= 15 is 0 Å². The van der Waals surface area contributed by atoms with Crippen molar-refractivity contribution in [2.45, 2.75) is 20.8 Å². The third-order valence-electron chi connectivity index (χ3n) is 2.82. The molecular formula is C14H16N4O3. The van der Waals surface area contributed by atoms with Crippen molar-refractivity contribution in [1.29, 1.82) is 0 Å². The van der Waals surface area contributed by atoms with E-state index < -0.39 is 4.92 Å². The normalized spacial score (nSPS) is 10.2. The van der Waals surface area contributed by atoms with E-state index in [2.05, 4.69) is 15.3 Å². The average Bonchev–Trinajstić information content (AvgIpc) is 2.44. The highest BCUT2D eigenvalue weighted by atomic mass is 16.6. The molecule has 0 spiro atoms. The summed E-state index contributed by atoms with van der Waals surface area (Å²) in [6, 6.07) is 5.87. The first kappa shape index (κ1) is 14.7. The van der Waals surface area contributed by atoms with E-state index in [0.717, 1.165) is 17.9 Å². The Morgan fingerprint density at radius 2 is 1.90 bits per heavy atom. The maximum atomic E-state index is 10.6. The maximum Gasteiger partial charge on any atom is 0.269 e. The summed E-state index contributed by atoms with van der Waals surface area (Å²) in [7, 11) is 0. The number of aryl methyl sites for hydroxylation is 1. The van der Waals surface area contributed by atoms with Gasteiger partial charge < -0.3 is 10.1 Å². The van der Waals surface area contributed by atoms with E-state index in [1.54, 1.807) is 19.1 Å². The molecule has 0 aliphatic carbocycles. The fraction of sp³-hybridized carbons (Fsp3) is 0.286. The summed E-state index contributed by atoms with van der Waals surface area (Å²) < 4.78 is 5.70. The Morgan fingerprint density at radius 1 is 1.24 bits per heavy atom. The fourth-order valence-corrected chi connectivity index (χ4v) is 1.79. The van der Waals surface area contributed by atoms with Crippen LogP contribution in [0.3, 0.4) is 0 Å². The van der Waals surface area contributed by atoms with Crippen molar-refractivity contribution >= 4 is 11.5 Å². The number of hydrogen-bond donors (Lipinski definition) is 1. The second-order valence-corrected chi connectivity index (χ2v) is 4.43. The van der Waals surface area contributed by atoms with Gasteiger partial charge in [-0.25, -0.2) is 4.98 Å². The predicted molar refractivity (Wildman–Crippen MR) is 78.8 cm³/mol. The number of nitro groups is 1. The SMILES string of the molecule is CCNc1nc(C)nc(Oc2ccc([N+](=O)[O-])cc2)c1C. The van der Waals surface area contributed by atoms with Gasteiger partial charge in [0.25, 0.3) is 5.69 Å². The van der Waals surface area contributed by atoms with Crippen LogP contribution < -0.4 is 10.1 Å². The van der Waals surface area contributed by atoms with Crippen molar-refractivity contribution in [2.24, 2.45) is 0 Å². The molecule has 1 heterocycles. The van der Waals surface area contributed by atoms with Crippen LogP contribution in [-0.2, 0) is 0 Å². The zero-order valence-corrected chi connectivity index (χ0v) is 12.1. The average molecular weight is 288 g/mol.